The van der Waals surface area contributed by atoms with Crippen LogP contribution in [0.15, 0.2) is 0 Å². The van der Waals surface area contributed by atoms with Gasteiger partial charge in [0.15, 0.2) is 11.8 Å². The van der Waals surface area contributed by atoms with E-state index in [-0.39, 0.29) is 0 Å². The molecular weight excluding hydrogens is 243 g/mol. The second-order valence-corrected chi connectivity index (χ2v) is 2.86. The van der Waals surface area contributed by atoms with Crippen LogP contribution in [0.25, 0.3) is 0 Å². The van der Waals surface area contributed by atoms with E-state index in [4.69, 9.17) is 20.6 Å². The van der Waals surface area contributed by atoms with Crippen molar-refractivity contribution >= 4 is 42.5 Å². The Morgan fingerprint density at radius 3 is 1.14 bits per heavy atom. The van der Waals surface area contributed by atoms with Crippen LogP contribution >= 0.6 is 20.6 Å². The van der Waals surface area contributed by atoms with Gasteiger partial charge in [0.2, 0.25) is 0 Å². The maximum atomic E-state index is 5.47. The molecule has 0 saturated heterocycles. The van der Waals surface area contributed by atoms with E-state index in [0.29, 0.717) is 4.00 Å². The molecule has 0 aromatic rings. The van der Waals surface area contributed by atoms with Gasteiger partial charge >= 0.3 is 30.7 Å². The van der Waals surface area contributed by atoms with Crippen LogP contribution in [-0.4, -0.2) is 47.0 Å². The van der Waals surface area contributed by atoms with Crippen LogP contribution in [0.1, 0.15) is 0 Å². The molecule has 0 aromatic carbocycles. The van der Waals surface area contributed by atoms with Gasteiger partial charge in [-0.15, -0.1) is 0 Å². The van der Waals surface area contributed by atoms with Crippen molar-refractivity contribution in [3.05, 3.63) is 0 Å². The van der Waals surface area contributed by atoms with Crippen molar-refractivity contribution in [1.29, 1.82) is 0 Å². The number of hydrogen-bond acceptors (Lipinski definition) is 0. The first-order chi connectivity index (χ1) is 3.00. The molecule has 0 saturated carbocycles. The van der Waals surface area contributed by atoms with Gasteiger partial charge in [-0.1, -0.05) is 0 Å². The molecule has 0 radical (unpaired) electrons. The molecule has 4 heteroatoms. The Balaban J connectivity index is 0. The first-order valence-electron chi connectivity index (χ1n) is 1.73. The van der Waals surface area contributed by atoms with Gasteiger partial charge in [0, 0.05) is 0 Å². The van der Waals surface area contributed by atoms with Crippen molar-refractivity contribution in [2.45, 2.75) is 0 Å². The minimum atomic E-state index is 0.472. The molecule has 0 aromatic heterocycles. The number of quaternary nitrogens is 1. The summed E-state index contributed by atoms with van der Waals surface area (Å²) in [6, 6.07) is 0. The zero-order valence-corrected chi connectivity index (χ0v) is 9.59. The summed E-state index contributed by atoms with van der Waals surface area (Å²) in [5.41, 5.74) is 0. The number of rotatable bonds is 0. The van der Waals surface area contributed by atoms with Crippen LogP contribution in [0.4, 0.5) is 0 Å². The number of nitrogens with zero attached hydrogens (tertiary/aromatic N) is 1. The molecule has 0 fully saturated rings. The summed E-state index contributed by atoms with van der Waals surface area (Å²) in [5, 5.41) is 0. The van der Waals surface area contributed by atoms with Crippen molar-refractivity contribution in [1.82, 2.24) is 0 Å². The minimum absolute atomic E-state index is 0.472. The summed E-state index contributed by atoms with van der Waals surface area (Å²) >= 11 is 6.29. The molecule has 1 nitrogen and oxygen atoms in total. The third-order valence-corrected chi connectivity index (χ3v) is 0. The van der Waals surface area contributed by atoms with E-state index in [1.807, 2.05) is 21.1 Å². The molecule has 0 rings (SSSR count). The van der Waals surface area contributed by atoms with E-state index in [0.717, 1.165) is 21.9 Å². The van der Waals surface area contributed by atoms with Crippen LogP contribution in [0, 0.1) is 0 Å². The summed E-state index contributed by atoms with van der Waals surface area (Å²) in [5.74, 6) is 0. The monoisotopic (exact) mass is 252 g/mol. The van der Waals surface area contributed by atoms with E-state index in [9.17, 15) is 0 Å². The van der Waals surface area contributed by atoms with Gasteiger partial charge in [-0.3, -0.25) is 0 Å². The molecule has 0 aliphatic rings. The average Bonchev–Trinajstić information content (AvgIpc) is 1.36. The Hall–Kier alpha value is 1.36. The molecule has 0 unspecified atom stereocenters. The molecule has 0 N–H and O–H groups in total. The number of halogens is 2. The maximum absolute atomic E-state index is 5.47. The van der Waals surface area contributed by atoms with Gasteiger partial charge in [0.25, 0.3) is 0 Å². The molecule has 0 amide bonds. The molecule has 46 valence electrons. The Labute approximate surface area is 67.5 Å². The first kappa shape index (κ1) is 11.2. The predicted molar refractivity (Wildman–Crippen MR) is 38.3 cm³/mol. The molecule has 0 aliphatic heterocycles. The summed E-state index contributed by atoms with van der Waals surface area (Å²) in [6.45, 7) is 0. The predicted octanol–water partition coefficient (Wildman–Crippen LogP) is 0.620. The summed E-state index contributed by atoms with van der Waals surface area (Å²) in [6.07, 6.45) is 0. The van der Waals surface area contributed by atoms with Gasteiger partial charge in [0.1, 0.15) is 0 Å². The van der Waals surface area contributed by atoms with Crippen LogP contribution in [0.5, 0.6) is 0 Å². The topological polar surface area (TPSA) is 0 Å². The van der Waals surface area contributed by atoms with Crippen molar-refractivity contribution in [2.75, 3.05) is 21.1 Å². The zero-order chi connectivity index (χ0) is 6.50. The number of hydrogen-bond donors (Lipinski definition) is 0. The van der Waals surface area contributed by atoms with E-state index in [1.54, 1.807) is 0 Å². The molecule has 0 bridgehead atoms. The second kappa shape index (κ2) is 5.49. The fraction of sp³-hybridized carbons (Fsp3) is 1.00. The van der Waals surface area contributed by atoms with Crippen LogP contribution in [-0.2, 0) is 0 Å². The van der Waals surface area contributed by atoms with Crippen molar-refractivity contribution in [3.63, 3.8) is 0 Å². The summed E-state index contributed by atoms with van der Waals surface area (Å²) < 4.78 is 0.472. The zero-order valence-electron chi connectivity index (χ0n) is 4.78. The molecule has 0 spiro atoms. The van der Waals surface area contributed by atoms with Crippen LogP contribution in [0.3, 0.4) is 0 Å². The van der Waals surface area contributed by atoms with E-state index >= 15 is 0 Å². The quantitative estimate of drug-likeness (QED) is 0.439. The summed E-state index contributed by atoms with van der Waals surface area (Å²) in [4.78, 5) is 0. The van der Waals surface area contributed by atoms with Gasteiger partial charge < -0.3 is 0 Å². The van der Waals surface area contributed by atoms with E-state index in [1.165, 1.54) is 0 Å². The Bertz CT molecular complexity index is 28.4. The standard InChI is InChI=1S/C3H9ClN.ClH.Sb.2H/c1-5(2,3)4;;;;/h1-3H3;1H;;;/q+1;;+1;;/p-1. The molecule has 7 heavy (non-hydrogen) atoms. The van der Waals surface area contributed by atoms with E-state index < -0.39 is 0 Å². The first-order valence-corrected chi connectivity index (χ1v) is 6.24. The summed E-state index contributed by atoms with van der Waals surface area (Å²) in [7, 11) is 10.4. The fourth-order valence-corrected chi connectivity index (χ4v) is 0. The van der Waals surface area contributed by atoms with Gasteiger partial charge in [-0.2, -0.15) is 0 Å². The van der Waals surface area contributed by atoms with Crippen molar-refractivity contribution in [3.8, 4) is 0 Å². The van der Waals surface area contributed by atoms with Crippen molar-refractivity contribution in [2.24, 2.45) is 0 Å². The SMILES string of the molecule is C[N+](C)(C)Cl.[Cl][SbH2]. The second-order valence-electron chi connectivity index (χ2n) is 1.85. The fourth-order valence-electron chi connectivity index (χ4n) is 0. The molecular formula is C3H11Cl2NSb+. The third kappa shape index (κ3) is 115. The van der Waals surface area contributed by atoms with Gasteiger partial charge in [0.05, 0.1) is 21.1 Å². The molecule has 0 atom stereocenters. The molecule has 0 heterocycles. The Morgan fingerprint density at radius 2 is 1.14 bits per heavy atom. The van der Waals surface area contributed by atoms with E-state index in [2.05, 4.69) is 0 Å². The van der Waals surface area contributed by atoms with Crippen LogP contribution < -0.4 is 0 Å². The van der Waals surface area contributed by atoms with Crippen LogP contribution in [0.2, 0.25) is 0 Å². The van der Waals surface area contributed by atoms with Crippen molar-refractivity contribution < 1.29 is 4.00 Å². The average molecular weight is 254 g/mol. The Kier molecular flexibility index (Phi) is 8.79. The normalized spacial score (nSPS) is 9.43. The third-order valence-electron chi connectivity index (χ3n) is 0. The van der Waals surface area contributed by atoms with Gasteiger partial charge in [-0.25, -0.2) is 4.00 Å². The van der Waals surface area contributed by atoms with Gasteiger partial charge in [-0.05, 0) is 0 Å². The Morgan fingerprint density at radius 1 is 1.14 bits per heavy atom. The molecule has 0 aliphatic carbocycles.